The molecule has 2 aromatic rings. The van der Waals surface area contributed by atoms with E-state index in [0.717, 1.165) is 42.8 Å². The number of nitrogens with one attached hydrogen (secondary N) is 1. The van der Waals surface area contributed by atoms with Crippen molar-refractivity contribution in [2.45, 2.75) is 71.4 Å². The van der Waals surface area contributed by atoms with Gasteiger partial charge in [0.15, 0.2) is 6.61 Å². The van der Waals surface area contributed by atoms with Gasteiger partial charge < -0.3 is 15.0 Å². The van der Waals surface area contributed by atoms with Crippen LogP contribution in [0.1, 0.15) is 67.0 Å². The van der Waals surface area contributed by atoms with Crippen LogP contribution in [0.4, 0.5) is 0 Å². The summed E-state index contributed by atoms with van der Waals surface area (Å²) >= 11 is 1.69. The summed E-state index contributed by atoms with van der Waals surface area (Å²) in [5, 5.41) is 6.17. The Morgan fingerprint density at radius 3 is 2.52 bits per heavy atom. The molecule has 0 radical (unpaired) electrons. The first-order chi connectivity index (χ1) is 14.9. The van der Waals surface area contributed by atoms with Gasteiger partial charge in [-0.3, -0.25) is 9.59 Å². The fourth-order valence-corrected chi connectivity index (χ4v) is 4.88. The highest BCUT2D eigenvalue weighted by Gasteiger charge is 2.28. The van der Waals surface area contributed by atoms with Crippen molar-refractivity contribution in [3.63, 3.8) is 0 Å². The zero-order valence-corrected chi connectivity index (χ0v) is 19.5. The minimum Gasteiger partial charge on any atom is -0.484 e. The lowest BCUT2D eigenvalue weighted by Crippen LogP contribution is -2.49. The van der Waals surface area contributed by atoms with E-state index in [-0.39, 0.29) is 30.5 Å². The molecule has 6 nitrogen and oxygen atoms in total. The van der Waals surface area contributed by atoms with Crippen LogP contribution in [0.2, 0.25) is 0 Å². The molecule has 1 aromatic carbocycles. The second-order valence-corrected chi connectivity index (χ2v) is 9.28. The van der Waals surface area contributed by atoms with Crippen LogP contribution in [0.15, 0.2) is 29.6 Å². The number of likely N-dealkylation sites (tertiary alicyclic amines) is 1. The van der Waals surface area contributed by atoms with Crippen LogP contribution in [-0.2, 0) is 11.2 Å². The number of benzene rings is 1. The summed E-state index contributed by atoms with van der Waals surface area (Å²) in [5.41, 5.74) is 1.66. The summed E-state index contributed by atoms with van der Waals surface area (Å²) in [6, 6.07) is 7.49. The summed E-state index contributed by atoms with van der Waals surface area (Å²) in [7, 11) is 0. The molecule has 2 heterocycles. The first kappa shape index (κ1) is 23.3. The van der Waals surface area contributed by atoms with Gasteiger partial charge in [0.1, 0.15) is 5.75 Å². The largest absolute Gasteiger partial charge is 0.484 e. The number of aromatic nitrogens is 1. The fraction of sp³-hybridized carbons (Fsp3) is 0.542. The van der Waals surface area contributed by atoms with E-state index in [1.807, 2.05) is 11.8 Å². The Labute approximate surface area is 189 Å². The van der Waals surface area contributed by atoms with E-state index in [1.54, 1.807) is 35.6 Å². The van der Waals surface area contributed by atoms with Crippen LogP contribution < -0.4 is 10.1 Å². The number of hydrogen-bond acceptors (Lipinski definition) is 5. The molecule has 2 amide bonds. The predicted molar refractivity (Wildman–Crippen MR) is 124 cm³/mol. The lowest BCUT2D eigenvalue weighted by atomic mass is 9.97. The summed E-state index contributed by atoms with van der Waals surface area (Å²) in [5.74, 6) is 0.527. The second kappa shape index (κ2) is 11.3. The first-order valence-electron chi connectivity index (χ1n) is 11.2. The number of nitrogens with zero attached hydrogens (tertiary/aromatic N) is 2. The predicted octanol–water partition coefficient (Wildman–Crippen LogP) is 4.37. The van der Waals surface area contributed by atoms with Crippen LogP contribution in [0.5, 0.6) is 5.75 Å². The van der Waals surface area contributed by atoms with Gasteiger partial charge in [0.2, 0.25) is 0 Å². The van der Waals surface area contributed by atoms with Crippen molar-refractivity contribution >= 4 is 23.2 Å². The van der Waals surface area contributed by atoms with Crippen LogP contribution >= 0.6 is 11.3 Å². The number of thiazole rings is 1. The number of carbonyl (C=O) groups is 2. The average Bonchev–Trinajstić information content (AvgIpc) is 3.17. The van der Waals surface area contributed by atoms with E-state index in [1.165, 1.54) is 6.42 Å². The number of ether oxygens (including phenoxy) is 1. The maximum atomic E-state index is 12.6. The molecule has 1 saturated heterocycles. The third-order valence-electron chi connectivity index (χ3n) is 5.73. The third-order valence-corrected chi connectivity index (χ3v) is 6.76. The molecule has 168 valence electrons. The molecule has 2 atom stereocenters. The number of amides is 2. The normalized spacial score (nSPS) is 18.6. The van der Waals surface area contributed by atoms with Crippen molar-refractivity contribution in [2.75, 3.05) is 13.2 Å². The van der Waals surface area contributed by atoms with Crippen LogP contribution in [0, 0.1) is 6.92 Å². The molecule has 0 saturated carbocycles. The fourth-order valence-electron chi connectivity index (χ4n) is 4.06. The lowest BCUT2D eigenvalue weighted by molar-refractivity contribution is -0.139. The van der Waals surface area contributed by atoms with Gasteiger partial charge in [-0.1, -0.05) is 0 Å². The van der Waals surface area contributed by atoms with E-state index >= 15 is 0 Å². The lowest BCUT2D eigenvalue weighted by Gasteiger charge is -2.38. The van der Waals surface area contributed by atoms with Crippen molar-refractivity contribution < 1.29 is 14.3 Å². The monoisotopic (exact) mass is 443 g/mol. The van der Waals surface area contributed by atoms with Crippen molar-refractivity contribution in [1.82, 2.24) is 15.2 Å². The molecule has 1 N–H and O–H groups in total. The number of unbranched alkanes of at least 4 members (excludes halogenated alkanes) is 1. The highest BCUT2D eigenvalue weighted by Crippen LogP contribution is 2.23. The number of hydrogen-bond donors (Lipinski definition) is 1. The summed E-state index contributed by atoms with van der Waals surface area (Å²) in [6.07, 6.45) is 6.13. The van der Waals surface area contributed by atoms with E-state index in [0.29, 0.717) is 17.9 Å². The van der Waals surface area contributed by atoms with Crippen molar-refractivity contribution in [1.29, 1.82) is 0 Å². The SMILES string of the molecule is Cc1csc(CCCCNC(=O)c2ccc(OCC(=O)N3C(C)CCCC3C)cc2)n1. The molecule has 1 aromatic heterocycles. The molecule has 1 aliphatic rings. The Morgan fingerprint density at radius 2 is 1.87 bits per heavy atom. The third kappa shape index (κ3) is 6.79. The van der Waals surface area contributed by atoms with Crippen LogP contribution in [0.25, 0.3) is 0 Å². The molecule has 0 aliphatic carbocycles. The summed E-state index contributed by atoms with van der Waals surface area (Å²) < 4.78 is 5.68. The molecule has 31 heavy (non-hydrogen) atoms. The molecule has 1 aliphatic heterocycles. The number of carbonyl (C=O) groups excluding carboxylic acids is 2. The minimum atomic E-state index is -0.0938. The highest BCUT2D eigenvalue weighted by atomic mass is 32.1. The van der Waals surface area contributed by atoms with E-state index in [9.17, 15) is 9.59 Å². The highest BCUT2D eigenvalue weighted by molar-refractivity contribution is 7.09. The number of aryl methyl sites for hydroxylation is 2. The van der Waals surface area contributed by atoms with Gasteiger partial charge >= 0.3 is 0 Å². The van der Waals surface area contributed by atoms with Crippen molar-refractivity contribution in [3.05, 3.63) is 45.9 Å². The van der Waals surface area contributed by atoms with Gasteiger partial charge in [0.05, 0.1) is 5.01 Å². The van der Waals surface area contributed by atoms with Gasteiger partial charge in [0.25, 0.3) is 11.8 Å². The first-order valence-corrected chi connectivity index (χ1v) is 12.0. The smallest absolute Gasteiger partial charge is 0.260 e. The van der Waals surface area contributed by atoms with Crippen molar-refractivity contribution in [3.8, 4) is 5.75 Å². The summed E-state index contributed by atoms with van der Waals surface area (Å²) in [4.78, 5) is 31.3. The second-order valence-electron chi connectivity index (χ2n) is 8.34. The Morgan fingerprint density at radius 1 is 1.16 bits per heavy atom. The van der Waals surface area contributed by atoms with Gasteiger partial charge in [-0.2, -0.15) is 0 Å². The van der Waals surface area contributed by atoms with Crippen LogP contribution in [0.3, 0.4) is 0 Å². The zero-order chi connectivity index (χ0) is 22.2. The molecule has 7 heteroatoms. The molecule has 0 spiro atoms. The van der Waals surface area contributed by atoms with Gasteiger partial charge in [-0.05, 0) is 83.6 Å². The Kier molecular flexibility index (Phi) is 8.46. The van der Waals surface area contributed by atoms with Crippen molar-refractivity contribution in [2.24, 2.45) is 0 Å². The molecular weight excluding hydrogens is 410 g/mol. The van der Waals surface area contributed by atoms with Crippen LogP contribution in [-0.4, -0.2) is 46.9 Å². The van der Waals surface area contributed by atoms with E-state index in [4.69, 9.17) is 4.74 Å². The van der Waals surface area contributed by atoms with Gasteiger partial charge in [0, 0.05) is 35.3 Å². The van der Waals surface area contributed by atoms with E-state index < -0.39 is 0 Å². The summed E-state index contributed by atoms with van der Waals surface area (Å²) in [6.45, 7) is 6.87. The molecule has 1 fully saturated rings. The molecular formula is C24H33N3O3S. The molecule has 2 unspecified atom stereocenters. The zero-order valence-electron chi connectivity index (χ0n) is 18.7. The van der Waals surface area contributed by atoms with Gasteiger partial charge in [-0.15, -0.1) is 11.3 Å². The Bertz CT molecular complexity index is 855. The minimum absolute atomic E-state index is 0.0226. The Balaban J connectivity index is 1.37. The standard InChI is InChI=1S/C24H33N3O3S/c1-17-16-31-22(26-17)9-4-5-14-25-24(29)20-10-12-21(13-11-20)30-15-23(28)27-18(2)7-6-8-19(27)3/h10-13,16,18-19H,4-9,14-15H2,1-3H3,(H,25,29). The Hall–Kier alpha value is -2.41. The maximum absolute atomic E-state index is 12.6. The van der Waals surface area contributed by atoms with E-state index in [2.05, 4.69) is 29.5 Å². The maximum Gasteiger partial charge on any atom is 0.260 e. The molecule has 3 rings (SSSR count). The average molecular weight is 444 g/mol. The molecule has 0 bridgehead atoms. The topological polar surface area (TPSA) is 71.5 Å². The quantitative estimate of drug-likeness (QED) is 0.584. The number of piperidine rings is 1. The number of rotatable bonds is 9. The van der Waals surface area contributed by atoms with Gasteiger partial charge in [-0.25, -0.2) is 4.98 Å².